The maximum atomic E-state index is 6.08. The van der Waals surface area contributed by atoms with Crippen LogP contribution in [0, 0.1) is 0 Å². The summed E-state index contributed by atoms with van der Waals surface area (Å²) in [5.41, 5.74) is 14.1. The van der Waals surface area contributed by atoms with Crippen molar-refractivity contribution in [1.29, 1.82) is 0 Å². The highest BCUT2D eigenvalue weighted by molar-refractivity contribution is 5.63. The van der Waals surface area contributed by atoms with Crippen LogP contribution in [0.25, 0.3) is 11.4 Å². The first kappa shape index (κ1) is 18.3. The van der Waals surface area contributed by atoms with Crippen molar-refractivity contribution in [1.82, 2.24) is 19.9 Å². The lowest BCUT2D eigenvalue weighted by molar-refractivity contribution is 0.395. The molecule has 2 heterocycles. The molecule has 1 saturated carbocycles. The molecule has 144 valence electrons. The molecule has 1 aliphatic carbocycles. The molecule has 0 atom stereocenters. The van der Waals surface area contributed by atoms with Gasteiger partial charge in [-0.1, -0.05) is 30.3 Å². The quantitative estimate of drug-likeness (QED) is 0.720. The summed E-state index contributed by atoms with van der Waals surface area (Å²) < 4.78 is 0. The molecule has 1 fully saturated rings. The Morgan fingerprint density at radius 2 is 1.71 bits per heavy atom. The average molecular weight is 375 g/mol. The van der Waals surface area contributed by atoms with Gasteiger partial charge in [0.25, 0.3) is 0 Å². The smallest absolute Gasteiger partial charge is 0.221 e. The first-order chi connectivity index (χ1) is 13.6. The van der Waals surface area contributed by atoms with Crippen molar-refractivity contribution in [3.05, 3.63) is 54.4 Å². The molecule has 1 aromatic carbocycles. The second-order valence-electron chi connectivity index (χ2n) is 7.28. The van der Waals surface area contributed by atoms with Gasteiger partial charge in [0.05, 0.1) is 0 Å². The Labute approximate surface area is 164 Å². The van der Waals surface area contributed by atoms with Gasteiger partial charge in [-0.2, -0.15) is 4.98 Å². The highest BCUT2D eigenvalue weighted by atomic mass is 15.2. The van der Waals surface area contributed by atoms with Gasteiger partial charge in [0.2, 0.25) is 5.95 Å². The van der Waals surface area contributed by atoms with E-state index >= 15 is 0 Å². The van der Waals surface area contributed by atoms with Crippen LogP contribution >= 0.6 is 0 Å². The number of benzene rings is 1. The standard InChI is InChI=1S/C21H25N7/c1-28(18-11-12-24-19(26-18)15-5-3-2-4-6-15)20-17(13-25-21(23)27-20)14-7-9-16(22)10-8-14/h2-6,11-14,16H,7-10,22H2,1H3,(H2,23,25,27)/t14-,16-. The van der Waals surface area contributed by atoms with Crippen molar-refractivity contribution < 1.29 is 0 Å². The van der Waals surface area contributed by atoms with E-state index in [0.29, 0.717) is 17.8 Å². The second kappa shape index (κ2) is 7.90. The zero-order valence-electron chi connectivity index (χ0n) is 16.0. The number of hydrogen-bond acceptors (Lipinski definition) is 7. The molecule has 4 N–H and O–H groups in total. The minimum atomic E-state index is 0.260. The fourth-order valence-electron chi connectivity index (χ4n) is 3.75. The normalized spacial score (nSPS) is 19.4. The van der Waals surface area contributed by atoms with Crippen LogP contribution in [-0.2, 0) is 0 Å². The van der Waals surface area contributed by atoms with E-state index in [2.05, 4.69) is 15.0 Å². The molecular weight excluding hydrogens is 350 g/mol. The second-order valence-corrected chi connectivity index (χ2v) is 7.28. The predicted molar refractivity (Wildman–Crippen MR) is 111 cm³/mol. The van der Waals surface area contributed by atoms with Gasteiger partial charge in [-0.15, -0.1) is 0 Å². The zero-order chi connectivity index (χ0) is 19.5. The monoisotopic (exact) mass is 375 g/mol. The molecule has 0 bridgehead atoms. The van der Waals surface area contributed by atoms with Gasteiger partial charge in [-0.3, -0.25) is 0 Å². The molecule has 0 unspecified atom stereocenters. The Morgan fingerprint density at radius 1 is 0.964 bits per heavy atom. The molecule has 0 aliphatic heterocycles. The highest BCUT2D eigenvalue weighted by Crippen LogP contribution is 2.37. The van der Waals surface area contributed by atoms with Crippen LogP contribution in [0.3, 0.4) is 0 Å². The molecular formula is C21H25N7. The lowest BCUT2D eigenvalue weighted by Gasteiger charge is -2.29. The molecule has 0 radical (unpaired) electrons. The van der Waals surface area contributed by atoms with E-state index in [4.69, 9.17) is 16.5 Å². The summed E-state index contributed by atoms with van der Waals surface area (Å²) in [6.07, 6.45) is 7.73. The lowest BCUT2D eigenvalue weighted by atomic mass is 9.82. The van der Waals surface area contributed by atoms with Gasteiger partial charge >= 0.3 is 0 Å². The summed E-state index contributed by atoms with van der Waals surface area (Å²) in [6, 6.07) is 12.1. The molecule has 28 heavy (non-hydrogen) atoms. The third kappa shape index (κ3) is 3.80. The van der Waals surface area contributed by atoms with Gasteiger partial charge in [0.15, 0.2) is 5.82 Å². The maximum Gasteiger partial charge on any atom is 0.221 e. The number of aromatic nitrogens is 4. The Balaban J connectivity index is 1.68. The van der Waals surface area contributed by atoms with E-state index in [9.17, 15) is 0 Å². The fourth-order valence-corrected chi connectivity index (χ4v) is 3.75. The Bertz CT molecular complexity index is 936. The Morgan fingerprint density at radius 3 is 2.46 bits per heavy atom. The number of rotatable bonds is 4. The number of hydrogen-bond donors (Lipinski definition) is 2. The predicted octanol–water partition coefficient (Wildman–Crippen LogP) is 3.27. The molecule has 0 amide bonds. The van der Waals surface area contributed by atoms with Crippen molar-refractivity contribution >= 4 is 17.6 Å². The van der Waals surface area contributed by atoms with Gasteiger partial charge < -0.3 is 16.4 Å². The van der Waals surface area contributed by atoms with Crippen LogP contribution in [0.5, 0.6) is 0 Å². The number of nitrogens with two attached hydrogens (primary N) is 2. The van der Waals surface area contributed by atoms with E-state index in [1.165, 1.54) is 0 Å². The van der Waals surface area contributed by atoms with Gasteiger partial charge in [0, 0.05) is 36.6 Å². The van der Waals surface area contributed by atoms with Crippen LogP contribution in [-0.4, -0.2) is 33.0 Å². The number of nitrogen functional groups attached to an aromatic ring is 1. The van der Waals surface area contributed by atoms with Crippen LogP contribution in [0.1, 0.15) is 37.2 Å². The molecule has 1 aliphatic rings. The average Bonchev–Trinajstić information content (AvgIpc) is 2.75. The number of anilines is 3. The Kier molecular flexibility index (Phi) is 5.16. The summed E-state index contributed by atoms with van der Waals surface area (Å²) in [4.78, 5) is 19.9. The van der Waals surface area contributed by atoms with Crippen LogP contribution < -0.4 is 16.4 Å². The van der Waals surface area contributed by atoms with E-state index in [-0.39, 0.29) is 5.95 Å². The minimum absolute atomic E-state index is 0.260. The first-order valence-corrected chi connectivity index (χ1v) is 9.62. The molecule has 2 aromatic heterocycles. The molecule has 7 heteroatoms. The summed E-state index contributed by atoms with van der Waals surface area (Å²) in [6.45, 7) is 0. The summed E-state index contributed by atoms with van der Waals surface area (Å²) >= 11 is 0. The summed E-state index contributed by atoms with van der Waals surface area (Å²) in [5.74, 6) is 2.88. The third-order valence-electron chi connectivity index (χ3n) is 5.36. The van der Waals surface area contributed by atoms with Crippen molar-refractivity contribution in [3.8, 4) is 11.4 Å². The van der Waals surface area contributed by atoms with Crippen LogP contribution in [0.2, 0.25) is 0 Å². The lowest BCUT2D eigenvalue weighted by Crippen LogP contribution is -2.27. The van der Waals surface area contributed by atoms with Crippen molar-refractivity contribution in [2.75, 3.05) is 17.7 Å². The van der Waals surface area contributed by atoms with E-state index in [1.54, 1.807) is 6.20 Å². The van der Waals surface area contributed by atoms with Crippen molar-refractivity contribution in [2.45, 2.75) is 37.6 Å². The number of nitrogens with zero attached hydrogens (tertiary/aromatic N) is 5. The summed E-state index contributed by atoms with van der Waals surface area (Å²) in [7, 11) is 1.96. The molecule has 7 nitrogen and oxygen atoms in total. The maximum absolute atomic E-state index is 6.08. The van der Waals surface area contributed by atoms with E-state index < -0.39 is 0 Å². The first-order valence-electron chi connectivity index (χ1n) is 9.62. The highest BCUT2D eigenvalue weighted by Gasteiger charge is 2.25. The Hall–Kier alpha value is -3.06. The zero-order valence-corrected chi connectivity index (χ0v) is 16.0. The largest absolute Gasteiger partial charge is 0.368 e. The van der Waals surface area contributed by atoms with Crippen LogP contribution in [0.4, 0.5) is 17.6 Å². The summed E-state index contributed by atoms with van der Waals surface area (Å²) in [5, 5.41) is 0. The molecule has 3 aromatic rings. The topological polar surface area (TPSA) is 107 Å². The van der Waals surface area contributed by atoms with E-state index in [1.807, 2.05) is 54.5 Å². The van der Waals surface area contributed by atoms with Gasteiger partial charge in [-0.25, -0.2) is 15.0 Å². The SMILES string of the molecule is CN(c1ccnc(-c2ccccc2)n1)c1nc(N)ncc1[C@H]1CC[C@H](N)CC1. The van der Waals surface area contributed by atoms with Gasteiger partial charge in [0.1, 0.15) is 11.6 Å². The fraction of sp³-hybridized carbons (Fsp3) is 0.333. The third-order valence-corrected chi connectivity index (χ3v) is 5.36. The van der Waals surface area contributed by atoms with Crippen molar-refractivity contribution in [3.63, 3.8) is 0 Å². The van der Waals surface area contributed by atoms with Crippen molar-refractivity contribution in [2.24, 2.45) is 5.73 Å². The molecule has 4 rings (SSSR count). The molecule has 0 saturated heterocycles. The molecule has 0 spiro atoms. The van der Waals surface area contributed by atoms with Crippen LogP contribution in [0.15, 0.2) is 48.8 Å². The van der Waals surface area contributed by atoms with E-state index in [0.717, 1.165) is 48.4 Å². The van der Waals surface area contributed by atoms with Gasteiger partial charge in [-0.05, 0) is 37.7 Å². The minimum Gasteiger partial charge on any atom is -0.368 e.